The van der Waals surface area contributed by atoms with Crippen LogP contribution in [0.25, 0.3) is 0 Å². The number of rotatable bonds is 6. The molecule has 1 aliphatic heterocycles. The number of nitrogens with one attached hydrogen (secondary N) is 1. The maximum atomic E-state index is 14.5. The second-order valence-corrected chi connectivity index (χ2v) is 7.59. The summed E-state index contributed by atoms with van der Waals surface area (Å²) in [5, 5.41) is 3.31. The zero-order valence-electron chi connectivity index (χ0n) is 15.0. The molecular weight excluding hydrogens is 367 g/mol. The Labute approximate surface area is 163 Å². The number of aromatic nitrogens is 2. The standard InChI is InChI=1S/C20H22ClFN4O/c21-14-4-3-5-15(22)18(14)17(26-10-1-2-11-26)12-24-20(27)16-8-9-23-19(25-16)13-6-7-13/h3-5,8-9,13,17H,1-2,6-7,10-12H2,(H,24,27). The summed E-state index contributed by atoms with van der Waals surface area (Å²) in [7, 11) is 0. The molecule has 0 spiro atoms. The van der Waals surface area contributed by atoms with E-state index in [2.05, 4.69) is 20.2 Å². The minimum Gasteiger partial charge on any atom is -0.349 e. The molecule has 2 aromatic rings. The molecule has 0 radical (unpaired) electrons. The summed E-state index contributed by atoms with van der Waals surface area (Å²) in [6.07, 6.45) is 5.91. The Hall–Kier alpha value is -2.05. The summed E-state index contributed by atoms with van der Waals surface area (Å²) in [4.78, 5) is 23.4. The van der Waals surface area contributed by atoms with Gasteiger partial charge in [0, 0.05) is 29.2 Å². The minimum absolute atomic E-state index is 0.268. The summed E-state index contributed by atoms with van der Waals surface area (Å²) in [5.41, 5.74) is 0.800. The van der Waals surface area contributed by atoms with Gasteiger partial charge in [0.05, 0.1) is 6.04 Å². The van der Waals surface area contributed by atoms with Gasteiger partial charge in [0.2, 0.25) is 0 Å². The smallest absolute Gasteiger partial charge is 0.270 e. The van der Waals surface area contributed by atoms with Gasteiger partial charge in [-0.1, -0.05) is 17.7 Å². The molecule has 1 unspecified atom stereocenters. The molecule has 27 heavy (non-hydrogen) atoms. The number of hydrogen-bond donors (Lipinski definition) is 1. The Morgan fingerprint density at radius 2 is 2.07 bits per heavy atom. The van der Waals surface area contributed by atoms with Gasteiger partial charge in [-0.2, -0.15) is 0 Å². The molecule has 1 N–H and O–H groups in total. The average Bonchev–Trinajstić information content (AvgIpc) is 3.39. The van der Waals surface area contributed by atoms with Crippen LogP contribution in [0.1, 0.15) is 59.5 Å². The molecule has 1 atom stereocenters. The Kier molecular flexibility index (Phi) is 5.36. The van der Waals surface area contributed by atoms with Gasteiger partial charge in [-0.15, -0.1) is 0 Å². The summed E-state index contributed by atoms with van der Waals surface area (Å²) in [6.45, 7) is 2.01. The van der Waals surface area contributed by atoms with E-state index in [0.717, 1.165) is 44.6 Å². The molecule has 4 rings (SSSR count). The van der Waals surface area contributed by atoms with E-state index >= 15 is 0 Å². The highest BCUT2D eigenvalue weighted by atomic mass is 35.5. The molecule has 1 saturated carbocycles. The summed E-state index contributed by atoms with van der Waals surface area (Å²) in [6, 6.07) is 6.02. The maximum Gasteiger partial charge on any atom is 0.270 e. The van der Waals surface area contributed by atoms with E-state index in [-0.39, 0.29) is 24.3 Å². The zero-order valence-corrected chi connectivity index (χ0v) is 15.8. The number of benzene rings is 1. The van der Waals surface area contributed by atoms with E-state index in [9.17, 15) is 9.18 Å². The molecule has 5 nitrogen and oxygen atoms in total. The molecule has 1 amide bonds. The molecule has 1 aromatic heterocycles. The Morgan fingerprint density at radius 1 is 1.30 bits per heavy atom. The molecular formula is C20H22ClFN4O. The number of carbonyl (C=O) groups is 1. The van der Waals surface area contributed by atoms with Crippen LogP contribution in [0.15, 0.2) is 30.5 Å². The lowest BCUT2D eigenvalue weighted by atomic mass is 10.0. The SMILES string of the molecule is O=C(NCC(c1c(F)cccc1Cl)N1CCCC1)c1ccnc(C2CC2)n1. The topological polar surface area (TPSA) is 58.1 Å². The second kappa shape index (κ2) is 7.90. The van der Waals surface area contributed by atoms with Gasteiger partial charge in [-0.3, -0.25) is 9.69 Å². The van der Waals surface area contributed by atoms with Gasteiger partial charge in [0.1, 0.15) is 17.3 Å². The van der Waals surface area contributed by atoms with E-state index in [4.69, 9.17) is 11.6 Å². The predicted octanol–water partition coefficient (Wildman–Crippen LogP) is 3.71. The van der Waals surface area contributed by atoms with Crippen LogP contribution in [0.2, 0.25) is 5.02 Å². The first-order valence-corrected chi connectivity index (χ1v) is 9.80. The van der Waals surface area contributed by atoms with Crippen molar-refractivity contribution in [2.24, 2.45) is 0 Å². The van der Waals surface area contributed by atoms with Crippen LogP contribution in [-0.4, -0.2) is 40.4 Å². The van der Waals surface area contributed by atoms with Crippen molar-refractivity contribution in [2.75, 3.05) is 19.6 Å². The van der Waals surface area contributed by atoms with Crippen LogP contribution in [0, 0.1) is 5.82 Å². The third-order valence-corrected chi connectivity index (χ3v) is 5.55. The quantitative estimate of drug-likeness (QED) is 0.819. The van der Waals surface area contributed by atoms with Crippen molar-refractivity contribution >= 4 is 17.5 Å². The van der Waals surface area contributed by atoms with Crippen molar-refractivity contribution in [1.29, 1.82) is 0 Å². The first-order valence-electron chi connectivity index (χ1n) is 9.42. The number of carbonyl (C=O) groups excluding carboxylic acids is 1. The van der Waals surface area contributed by atoms with Gasteiger partial charge >= 0.3 is 0 Å². The lowest BCUT2D eigenvalue weighted by molar-refractivity contribution is 0.0931. The molecule has 1 aliphatic carbocycles. The third-order valence-electron chi connectivity index (χ3n) is 5.22. The first-order chi connectivity index (χ1) is 13.1. The van der Waals surface area contributed by atoms with Gasteiger partial charge < -0.3 is 5.32 Å². The van der Waals surface area contributed by atoms with Gasteiger partial charge in [-0.25, -0.2) is 14.4 Å². The van der Waals surface area contributed by atoms with Gasteiger partial charge in [0.15, 0.2) is 0 Å². The second-order valence-electron chi connectivity index (χ2n) is 7.18. The Morgan fingerprint density at radius 3 is 2.78 bits per heavy atom. The van der Waals surface area contributed by atoms with Crippen LogP contribution in [0.3, 0.4) is 0 Å². The molecule has 1 aromatic carbocycles. The number of amides is 1. The molecule has 2 heterocycles. The van der Waals surface area contributed by atoms with Crippen molar-refractivity contribution in [3.05, 3.63) is 58.4 Å². The van der Waals surface area contributed by atoms with Crippen LogP contribution in [-0.2, 0) is 0 Å². The van der Waals surface area contributed by atoms with Crippen LogP contribution < -0.4 is 5.32 Å². The van der Waals surface area contributed by atoms with Gasteiger partial charge in [-0.05, 0) is 57.0 Å². The molecule has 7 heteroatoms. The van der Waals surface area contributed by atoms with Crippen LogP contribution in [0.4, 0.5) is 4.39 Å². The van der Waals surface area contributed by atoms with E-state index in [0.29, 0.717) is 22.2 Å². The molecule has 2 fully saturated rings. The summed E-state index contributed by atoms with van der Waals surface area (Å²) in [5.74, 6) is 0.505. The largest absolute Gasteiger partial charge is 0.349 e. The number of halogens is 2. The summed E-state index contributed by atoms with van der Waals surface area (Å²) >= 11 is 6.30. The highest BCUT2D eigenvalue weighted by molar-refractivity contribution is 6.31. The predicted molar refractivity (Wildman–Crippen MR) is 101 cm³/mol. The lowest BCUT2D eigenvalue weighted by Crippen LogP contribution is -2.37. The Balaban J connectivity index is 1.52. The zero-order chi connectivity index (χ0) is 18.8. The Bertz CT molecular complexity index is 816. The van der Waals surface area contributed by atoms with Crippen LogP contribution >= 0.6 is 11.6 Å². The van der Waals surface area contributed by atoms with Crippen molar-refractivity contribution < 1.29 is 9.18 Å². The van der Waals surface area contributed by atoms with Crippen molar-refractivity contribution in [3.63, 3.8) is 0 Å². The van der Waals surface area contributed by atoms with E-state index in [1.807, 2.05) is 0 Å². The van der Waals surface area contributed by atoms with E-state index in [1.165, 1.54) is 6.07 Å². The van der Waals surface area contributed by atoms with E-state index in [1.54, 1.807) is 24.4 Å². The van der Waals surface area contributed by atoms with Crippen molar-refractivity contribution in [1.82, 2.24) is 20.2 Å². The number of nitrogens with zero attached hydrogens (tertiary/aromatic N) is 3. The normalized spacial score (nSPS) is 18.4. The maximum absolute atomic E-state index is 14.5. The highest BCUT2D eigenvalue weighted by Gasteiger charge is 2.29. The monoisotopic (exact) mass is 388 g/mol. The molecule has 1 saturated heterocycles. The highest BCUT2D eigenvalue weighted by Crippen LogP contribution is 2.37. The third kappa shape index (κ3) is 4.12. The van der Waals surface area contributed by atoms with E-state index < -0.39 is 0 Å². The fourth-order valence-electron chi connectivity index (χ4n) is 3.61. The minimum atomic E-state index is -0.341. The lowest BCUT2D eigenvalue weighted by Gasteiger charge is -2.29. The number of hydrogen-bond acceptors (Lipinski definition) is 4. The fourth-order valence-corrected chi connectivity index (χ4v) is 3.90. The summed E-state index contributed by atoms with van der Waals surface area (Å²) < 4.78 is 14.5. The first kappa shape index (κ1) is 18.3. The van der Waals surface area contributed by atoms with Crippen LogP contribution in [0.5, 0.6) is 0 Å². The molecule has 2 aliphatic rings. The van der Waals surface area contributed by atoms with Crippen molar-refractivity contribution in [2.45, 2.75) is 37.6 Å². The number of likely N-dealkylation sites (tertiary alicyclic amines) is 1. The molecule has 142 valence electrons. The fraction of sp³-hybridized carbons (Fsp3) is 0.450. The molecule has 0 bridgehead atoms. The van der Waals surface area contributed by atoms with Crippen molar-refractivity contribution in [3.8, 4) is 0 Å². The van der Waals surface area contributed by atoms with Gasteiger partial charge in [0.25, 0.3) is 5.91 Å². The average molecular weight is 389 g/mol.